The van der Waals surface area contributed by atoms with Gasteiger partial charge in [0.1, 0.15) is 11.2 Å². The van der Waals surface area contributed by atoms with E-state index in [0.29, 0.717) is 0 Å². The van der Waals surface area contributed by atoms with E-state index in [1.165, 1.54) is 60.1 Å². The highest BCUT2D eigenvalue weighted by Crippen LogP contribution is 2.47. The second-order valence-corrected chi connectivity index (χ2v) is 14.5. The molecule has 10 aromatic carbocycles. The molecule has 0 fully saturated rings. The molecule has 56 heavy (non-hydrogen) atoms. The Morgan fingerprint density at radius 2 is 0.911 bits per heavy atom. The molecule has 0 spiro atoms. The van der Waals surface area contributed by atoms with E-state index in [1.807, 2.05) is 0 Å². The highest BCUT2D eigenvalue weighted by molar-refractivity contribution is 6.16. The van der Waals surface area contributed by atoms with E-state index in [0.717, 1.165) is 44.6 Å². The minimum atomic E-state index is 0.859. The highest BCUT2D eigenvalue weighted by atomic mass is 16.3. The van der Waals surface area contributed by atoms with Gasteiger partial charge < -0.3 is 9.32 Å². The zero-order valence-electron chi connectivity index (χ0n) is 30.6. The molecule has 2 nitrogen and oxygen atoms in total. The largest absolute Gasteiger partial charge is 0.456 e. The standard InChI is InChI=1S/C54H35NO/c1-3-12-36(13-4-1)41-27-31-49-53(35-41)56-52-21-11-20-51(54(49)52)55(50-33-32-45(38-14-5-2-6-15-38)47-18-9-10-19-48(47)50)43-28-24-37(25-29-43)40-26-30-46-42(34-40)23-22-39-16-7-8-17-44(39)46/h1-35H. The Labute approximate surface area is 325 Å². The van der Waals surface area contributed by atoms with E-state index >= 15 is 0 Å². The maximum absolute atomic E-state index is 6.65. The third-order valence-corrected chi connectivity index (χ3v) is 11.3. The van der Waals surface area contributed by atoms with E-state index in [-0.39, 0.29) is 0 Å². The van der Waals surface area contributed by atoms with Crippen LogP contribution in [0.15, 0.2) is 217 Å². The molecule has 0 saturated heterocycles. The average Bonchev–Trinajstić information content (AvgIpc) is 3.66. The molecule has 0 aliphatic rings. The van der Waals surface area contributed by atoms with Crippen molar-refractivity contribution in [2.24, 2.45) is 0 Å². The molecule has 11 aromatic rings. The van der Waals surface area contributed by atoms with E-state index < -0.39 is 0 Å². The molecule has 0 unspecified atom stereocenters. The van der Waals surface area contributed by atoms with Crippen LogP contribution < -0.4 is 4.90 Å². The zero-order valence-corrected chi connectivity index (χ0v) is 30.6. The van der Waals surface area contributed by atoms with Crippen molar-refractivity contribution in [1.82, 2.24) is 0 Å². The summed E-state index contributed by atoms with van der Waals surface area (Å²) in [5.74, 6) is 0. The number of anilines is 3. The summed E-state index contributed by atoms with van der Waals surface area (Å²) in [5.41, 5.74) is 12.1. The summed E-state index contributed by atoms with van der Waals surface area (Å²) in [6.45, 7) is 0. The molecule has 1 heterocycles. The molecular weight excluding hydrogens is 679 g/mol. The number of benzene rings is 10. The highest BCUT2D eigenvalue weighted by Gasteiger charge is 2.22. The van der Waals surface area contributed by atoms with Crippen LogP contribution in [0.25, 0.3) is 87.6 Å². The predicted molar refractivity (Wildman–Crippen MR) is 237 cm³/mol. The van der Waals surface area contributed by atoms with Gasteiger partial charge in [-0.1, -0.05) is 164 Å². The summed E-state index contributed by atoms with van der Waals surface area (Å²) in [6.07, 6.45) is 0. The molecule has 0 N–H and O–H groups in total. The van der Waals surface area contributed by atoms with Gasteiger partial charge in [0.2, 0.25) is 0 Å². The Morgan fingerprint density at radius 3 is 1.71 bits per heavy atom. The van der Waals surface area contributed by atoms with Crippen LogP contribution in [-0.4, -0.2) is 0 Å². The van der Waals surface area contributed by atoms with Gasteiger partial charge in [0.15, 0.2) is 0 Å². The van der Waals surface area contributed by atoms with E-state index in [1.54, 1.807) is 0 Å². The van der Waals surface area contributed by atoms with Gasteiger partial charge >= 0.3 is 0 Å². The molecule has 0 aliphatic heterocycles. The van der Waals surface area contributed by atoms with Crippen LogP contribution in [0.1, 0.15) is 0 Å². The van der Waals surface area contributed by atoms with Crippen LogP contribution in [0, 0.1) is 0 Å². The van der Waals surface area contributed by atoms with Gasteiger partial charge in [0.25, 0.3) is 0 Å². The van der Waals surface area contributed by atoms with Crippen molar-refractivity contribution in [2.75, 3.05) is 4.90 Å². The molecule has 1 aromatic heterocycles. The van der Waals surface area contributed by atoms with E-state index in [4.69, 9.17) is 4.42 Å². The monoisotopic (exact) mass is 713 g/mol. The normalized spacial score (nSPS) is 11.6. The SMILES string of the molecule is c1ccc(-c2ccc3c(c2)oc2cccc(N(c4ccc(-c5ccc6c(ccc7ccccc76)c5)cc4)c4ccc(-c5ccccc5)c5ccccc45)c23)cc1. The van der Waals surface area contributed by atoms with E-state index in [2.05, 4.69) is 217 Å². The first-order valence-corrected chi connectivity index (χ1v) is 19.2. The Bertz CT molecular complexity index is 3230. The first-order valence-electron chi connectivity index (χ1n) is 19.2. The summed E-state index contributed by atoms with van der Waals surface area (Å²) in [7, 11) is 0. The number of fused-ring (bicyclic) bond motifs is 7. The molecule has 0 atom stereocenters. The first-order chi connectivity index (χ1) is 27.8. The molecule has 0 saturated carbocycles. The maximum atomic E-state index is 6.65. The molecule has 0 amide bonds. The quantitative estimate of drug-likeness (QED) is 0.160. The second kappa shape index (κ2) is 13.2. The number of nitrogens with zero attached hydrogens (tertiary/aromatic N) is 1. The summed E-state index contributed by atoms with van der Waals surface area (Å²) in [4.78, 5) is 2.41. The van der Waals surface area contributed by atoms with Gasteiger partial charge in [-0.25, -0.2) is 0 Å². The van der Waals surface area contributed by atoms with Crippen LogP contribution in [0.4, 0.5) is 17.1 Å². The lowest BCUT2D eigenvalue weighted by molar-refractivity contribution is 0.669. The van der Waals surface area contributed by atoms with Gasteiger partial charge in [-0.2, -0.15) is 0 Å². The number of furan rings is 1. The Balaban J connectivity index is 1.10. The molecular formula is C54H35NO. The smallest absolute Gasteiger partial charge is 0.137 e. The summed E-state index contributed by atoms with van der Waals surface area (Å²) in [5, 5.41) is 9.62. The van der Waals surface area contributed by atoms with Crippen molar-refractivity contribution < 1.29 is 4.42 Å². The maximum Gasteiger partial charge on any atom is 0.137 e. The minimum absolute atomic E-state index is 0.859. The van der Waals surface area contributed by atoms with Crippen LogP contribution in [0.3, 0.4) is 0 Å². The minimum Gasteiger partial charge on any atom is -0.456 e. The van der Waals surface area contributed by atoms with Gasteiger partial charge in [-0.3, -0.25) is 0 Å². The van der Waals surface area contributed by atoms with Gasteiger partial charge in [0.05, 0.1) is 16.8 Å². The van der Waals surface area contributed by atoms with E-state index in [9.17, 15) is 0 Å². The summed E-state index contributed by atoms with van der Waals surface area (Å²) in [6, 6.07) is 76.4. The molecule has 2 heteroatoms. The number of rotatable bonds is 6. The number of hydrogen-bond acceptors (Lipinski definition) is 2. The Kier molecular flexibility index (Phi) is 7.53. The molecule has 0 aliphatic carbocycles. The van der Waals surface area contributed by atoms with Gasteiger partial charge in [-0.15, -0.1) is 0 Å². The van der Waals surface area contributed by atoms with Crippen LogP contribution in [0.5, 0.6) is 0 Å². The third kappa shape index (κ3) is 5.34. The van der Waals surface area contributed by atoms with Crippen molar-refractivity contribution in [2.45, 2.75) is 0 Å². The fourth-order valence-electron chi connectivity index (χ4n) is 8.55. The number of hydrogen-bond donors (Lipinski definition) is 0. The molecule has 11 rings (SSSR count). The van der Waals surface area contributed by atoms with Crippen LogP contribution in [0.2, 0.25) is 0 Å². The van der Waals surface area contributed by atoms with Crippen LogP contribution >= 0.6 is 0 Å². The Hall–Kier alpha value is -7.42. The van der Waals surface area contributed by atoms with Crippen molar-refractivity contribution in [3.63, 3.8) is 0 Å². The first kappa shape index (κ1) is 32.0. The Morgan fingerprint density at radius 1 is 0.304 bits per heavy atom. The molecule has 0 bridgehead atoms. The fourth-order valence-corrected chi connectivity index (χ4v) is 8.55. The fraction of sp³-hybridized carbons (Fsp3) is 0. The topological polar surface area (TPSA) is 16.4 Å². The second-order valence-electron chi connectivity index (χ2n) is 14.5. The predicted octanol–water partition coefficient (Wildman–Crippen LogP) is 15.5. The van der Waals surface area contributed by atoms with Gasteiger partial charge in [0, 0.05) is 16.5 Å². The lowest BCUT2D eigenvalue weighted by atomic mass is 9.95. The van der Waals surface area contributed by atoms with Crippen LogP contribution in [-0.2, 0) is 0 Å². The zero-order chi connectivity index (χ0) is 37.0. The molecule has 0 radical (unpaired) electrons. The summed E-state index contributed by atoms with van der Waals surface area (Å²) < 4.78 is 6.65. The van der Waals surface area contributed by atoms with Crippen molar-refractivity contribution in [3.8, 4) is 33.4 Å². The van der Waals surface area contributed by atoms with Crippen molar-refractivity contribution in [1.29, 1.82) is 0 Å². The third-order valence-electron chi connectivity index (χ3n) is 11.3. The summed E-state index contributed by atoms with van der Waals surface area (Å²) >= 11 is 0. The lowest BCUT2D eigenvalue weighted by Crippen LogP contribution is -2.11. The lowest BCUT2D eigenvalue weighted by Gasteiger charge is -2.28. The molecule has 262 valence electrons. The average molecular weight is 714 g/mol. The van der Waals surface area contributed by atoms with Gasteiger partial charge in [-0.05, 0) is 109 Å². The van der Waals surface area contributed by atoms with Crippen molar-refractivity contribution in [3.05, 3.63) is 212 Å². The van der Waals surface area contributed by atoms with Crippen molar-refractivity contribution >= 4 is 71.3 Å².